The molecule has 0 saturated carbocycles. The van der Waals surface area contributed by atoms with Crippen molar-refractivity contribution < 1.29 is 61.0 Å². The summed E-state index contributed by atoms with van der Waals surface area (Å²) in [5.74, 6) is 0.447. The molecule has 39 heavy (non-hydrogen) atoms. The van der Waals surface area contributed by atoms with Crippen LogP contribution in [0.3, 0.4) is 0 Å². The van der Waals surface area contributed by atoms with Crippen molar-refractivity contribution in [2.24, 2.45) is 5.73 Å². The molecular formula is C27H30KN9O2. The standard InChI is InChI=1S/C24H27N9O.C3H4O.K/c1-28-23-20(22(26)27)21(31-33(23)18-4-3-11-32(2)14-18)16-5-7-17(8-6-16)24(34)30-19-12-15(13-25)9-10-29-19;1-2-3-4;/h5-10,12,18H,3-4,11,14H2,1-2H3,(H5,26,27,28,29,30,31,34);2-3H,1H2;/q;;+1/p-1. The number of piperidine rings is 1. The van der Waals surface area contributed by atoms with Crippen LogP contribution < -0.4 is 62.4 Å². The minimum Gasteiger partial charge on any atom is -0.467 e. The molecule has 0 aliphatic carbocycles. The first-order chi connectivity index (χ1) is 18.3. The number of carbonyl (C=O) groups is 2. The normalized spacial score (nSPS) is 14.4. The molecule has 4 rings (SSSR count). The number of carbonyl (C=O) groups excluding carboxylic acids is 2. The number of hydrogen-bond acceptors (Lipinski definition) is 7. The van der Waals surface area contributed by atoms with Gasteiger partial charge >= 0.3 is 51.4 Å². The fourth-order valence-corrected chi connectivity index (χ4v) is 4.22. The summed E-state index contributed by atoms with van der Waals surface area (Å²) in [5.41, 5.74) is 8.58. The first-order valence-corrected chi connectivity index (χ1v) is 11.9. The number of likely N-dealkylation sites (N-methyl/N-ethyl adjacent to an activating group) is 1. The summed E-state index contributed by atoms with van der Waals surface area (Å²) >= 11 is 0. The summed E-state index contributed by atoms with van der Waals surface area (Å²) < 4.78 is 1.89. The third kappa shape index (κ3) is 8.15. The van der Waals surface area contributed by atoms with Crippen LogP contribution in [0.25, 0.3) is 16.6 Å². The van der Waals surface area contributed by atoms with E-state index in [1.54, 1.807) is 37.4 Å². The Kier molecular flexibility index (Phi) is 12.7. The van der Waals surface area contributed by atoms with E-state index in [0.717, 1.165) is 31.5 Å². The van der Waals surface area contributed by atoms with Gasteiger partial charge in [-0.05, 0) is 68.6 Å². The fourth-order valence-electron chi connectivity index (χ4n) is 4.22. The Morgan fingerprint density at radius 3 is 2.59 bits per heavy atom. The maximum Gasteiger partial charge on any atom is 1.00 e. The molecule has 0 bridgehead atoms. The zero-order valence-electron chi connectivity index (χ0n) is 22.4. The minimum absolute atomic E-state index is 0. The van der Waals surface area contributed by atoms with Crippen molar-refractivity contribution in [3.63, 3.8) is 0 Å². The maximum absolute atomic E-state index is 12.7. The quantitative estimate of drug-likeness (QED) is 0.127. The summed E-state index contributed by atoms with van der Waals surface area (Å²) in [6.07, 6.45) is 5.34. The first kappa shape index (κ1) is 32.0. The number of benzene rings is 1. The number of amidine groups is 1. The molecule has 1 atom stereocenters. The van der Waals surface area contributed by atoms with Crippen LogP contribution in [0.5, 0.6) is 0 Å². The number of nitrogen functional groups attached to an aromatic ring is 1. The van der Waals surface area contributed by atoms with Crippen LogP contribution in [0.4, 0.5) is 11.6 Å². The number of likely N-dealkylation sites (tertiary alicyclic amines) is 1. The number of aldehydes is 1. The van der Waals surface area contributed by atoms with Crippen molar-refractivity contribution in [1.29, 1.82) is 10.7 Å². The van der Waals surface area contributed by atoms with Gasteiger partial charge in [-0.15, -0.1) is 0 Å². The van der Waals surface area contributed by atoms with E-state index in [1.807, 2.05) is 10.8 Å². The number of nitrogens with two attached hydrogens (primary N) is 1. The molecule has 1 unspecified atom stereocenters. The van der Waals surface area contributed by atoms with Crippen LogP contribution >= 0.6 is 0 Å². The Morgan fingerprint density at radius 1 is 1.33 bits per heavy atom. The van der Waals surface area contributed by atoms with Gasteiger partial charge in [0.1, 0.15) is 17.9 Å². The second kappa shape index (κ2) is 15.4. The van der Waals surface area contributed by atoms with Gasteiger partial charge in [-0.1, -0.05) is 25.8 Å². The molecule has 1 aromatic carbocycles. The predicted octanol–water partition coefficient (Wildman–Crippen LogP) is 0.630. The minimum atomic E-state index is -0.346. The third-order valence-electron chi connectivity index (χ3n) is 5.96. The first-order valence-electron chi connectivity index (χ1n) is 11.9. The Bertz CT molecular complexity index is 1360. The topological polar surface area (TPSA) is 168 Å². The van der Waals surface area contributed by atoms with Crippen LogP contribution in [-0.4, -0.2) is 64.9 Å². The van der Waals surface area contributed by atoms with Gasteiger partial charge in [0, 0.05) is 29.4 Å². The molecule has 1 fully saturated rings. The van der Waals surface area contributed by atoms with E-state index in [9.17, 15) is 4.79 Å². The van der Waals surface area contributed by atoms with E-state index in [0.29, 0.717) is 40.3 Å². The van der Waals surface area contributed by atoms with Gasteiger partial charge in [0.05, 0.1) is 17.3 Å². The number of nitrogens with one attached hydrogen (secondary N) is 2. The number of amides is 1. The smallest absolute Gasteiger partial charge is 0.467 e. The van der Waals surface area contributed by atoms with Gasteiger partial charge in [0.2, 0.25) is 0 Å². The molecule has 1 aliphatic heterocycles. The zero-order chi connectivity index (χ0) is 27.7. The number of anilines is 1. The second-order valence-corrected chi connectivity index (χ2v) is 8.63. The molecule has 1 saturated heterocycles. The van der Waals surface area contributed by atoms with E-state index in [2.05, 4.69) is 34.1 Å². The number of nitrogens with zero attached hydrogens (tertiary/aromatic N) is 6. The van der Waals surface area contributed by atoms with Crippen molar-refractivity contribution in [3.8, 4) is 17.3 Å². The fraction of sp³-hybridized carbons (Fsp3) is 0.259. The van der Waals surface area contributed by atoms with Crippen LogP contribution in [0, 0.1) is 16.7 Å². The van der Waals surface area contributed by atoms with E-state index in [4.69, 9.17) is 26.3 Å². The molecular weight excluding hydrogens is 521 g/mol. The van der Waals surface area contributed by atoms with Crippen molar-refractivity contribution >= 4 is 29.7 Å². The summed E-state index contributed by atoms with van der Waals surface area (Å²) in [5, 5.41) is 29.1. The third-order valence-corrected chi connectivity index (χ3v) is 5.96. The number of nitriles is 1. The molecule has 1 amide bonds. The number of pyridine rings is 1. The average Bonchev–Trinajstić information content (AvgIpc) is 3.33. The molecule has 0 spiro atoms. The molecule has 4 N–H and O–H groups in total. The van der Waals surface area contributed by atoms with E-state index >= 15 is 0 Å². The van der Waals surface area contributed by atoms with Crippen LogP contribution in [0.2, 0.25) is 0 Å². The Labute approximate surface area is 270 Å². The Hall–Kier alpha value is -3.18. The van der Waals surface area contributed by atoms with Gasteiger partial charge in [0.25, 0.3) is 5.91 Å². The summed E-state index contributed by atoms with van der Waals surface area (Å²) in [4.78, 5) is 28.0. The van der Waals surface area contributed by atoms with E-state index in [-0.39, 0.29) is 69.2 Å². The summed E-state index contributed by atoms with van der Waals surface area (Å²) in [7, 11) is 3.76. The summed E-state index contributed by atoms with van der Waals surface area (Å²) in [6.45, 7) is 5.00. The summed E-state index contributed by atoms with van der Waals surface area (Å²) in [6, 6.07) is 12.2. The van der Waals surface area contributed by atoms with Crippen molar-refractivity contribution in [2.45, 2.75) is 18.9 Å². The number of aromatic nitrogens is 3. The van der Waals surface area contributed by atoms with Crippen molar-refractivity contribution in [3.05, 3.63) is 77.3 Å². The average molecular weight is 552 g/mol. The number of rotatable bonds is 7. The largest absolute Gasteiger partial charge is 1.00 e. The van der Waals surface area contributed by atoms with Gasteiger partial charge < -0.3 is 25.9 Å². The Morgan fingerprint density at radius 2 is 2.03 bits per heavy atom. The Balaban J connectivity index is 0.000000998. The van der Waals surface area contributed by atoms with Crippen molar-refractivity contribution in [1.82, 2.24) is 19.7 Å². The number of hydrogen-bond donors (Lipinski definition) is 3. The molecule has 0 radical (unpaired) electrons. The van der Waals surface area contributed by atoms with Gasteiger partial charge in [-0.2, -0.15) is 5.26 Å². The predicted molar refractivity (Wildman–Crippen MR) is 147 cm³/mol. The second-order valence-electron chi connectivity index (χ2n) is 8.63. The molecule has 196 valence electrons. The van der Waals surface area contributed by atoms with Crippen LogP contribution in [0.15, 0.2) is 55.3 Å². The number of allylic oxidation sites excluding steroid dienone is 1. The molecule has 12 heteroatoms. The van der Waals surface area contributed by atoms with Gasteiger partial charge in [0.15, 0.2) is 0 Å². The van der Waals surface area contributed by atoms with Crippen molar-refractivity contribution in [2.75, 3.05) is 32.5 Å². The van der Waals surface area contributed by atoms with Gasteiger partial charge in [-0.3, -0.25) is 20.1 Å². The van der Waals surface area contributed by atoms with Crippen LogP contribution in [0.1, 0.15) is 40.4 Å². The molecule has 11 nitrogen and oxygen atoms in total. The molecule has 3 heterocycles. The monoisotopic (exact) mass is 551 g/mol. The van der Waals surface area contributed by atoms with Crippen LogP contribution in [-0.2, 0) is 4.79 Å². The zero-order valence-corrected chi connectivity index (χ0v) is 25.5. The van der Waals surface area contributed by atoms with Gasteiger partial charge in [-0.25, -0.2) is 4.98 Å². The molecule has 3 aromatic rings. The van der Waals surface area contributed by atoms with E-state index < -0.39 is 0 Å². The molecule has 2 aromatic heterocycles. The maximum atomic E-state index is 12.7. The molecule has 1 aliphatic rings. The SMILES string of the molecule is C=CC=O.C[N-]c1c(C(=N)N)c(-c2ccc(C(=O)Nc3cc(C#N)ccn3)cc2)nn1C1CCCN(C)C1.[K+]. The van der Waals surface area contributed by atoms with E-state index in [1.165, 1.54) is 18.3 Å².